The second kappa shape index (κ2) is 9.70. The van der Waals surface area contributed by atoms with Gasteiger partial charge in [0.05, 0.1) is 13.2 Å². The fraction of sp³-hybridized carbons (Fsp3) is 0.708. The summed E-state index contributed by atoms with van der Waals surface area (Å²) in [6.07, 6.45) is -3.84. The number of nitrogens with zero attached hydrogens (tertiary/aromatic N) is 3. The fourth-order valence-corrected chi connectivity index (χ4v) is 5.36. The number of amides is 1. The van der Waals surface area contributed by atoms with E-state index >= 15 is 0 Å². The molecule has 1 aromatic rings. The summed E-state index contributed by atoms with van der Waals surface area (Å²) >= 11 is 0. The number of morpholine rings is 1. The fourth-order valence-electron chi connectivity index (χ4n) is 5.36. The summed E-state index contributed by atoms with van der Waals surface area (Å²) in [5, 5.41) is 0. The van der Waals surface area contributed by atoms with Crippen LogP contribution in [-0.4, -0.2) is 79.6 Å². The number of alkyl halides is 3. The lowest BCUT2D eigenvalue weighted by molar-refractivity contribution is -0.200. The van der Waals surface area contributed by atoms with Crippen molar-refractivity contribution < 1.29 is 27.4 Å². The Balaban J connectivity index is 1.39. The Morgan fingerprint density at radius 1 is 1.09 bits per heavy atom. The number of rotatable bonds is 4. The van der Waals surface area contributed by atoms with Crippen LogP contribution in [0.2, 0.25) is 0 Å². The van der Waals surface area contributed by atoms with Crippen molar-refractivity contribution in [1.82, 2.24) is 9.80 Å². The van der Waals surface area contributed by atoms with Crippen molar-refractivity contribution in [2.75, 3.05) is 50.8 Å². The Morgan fingerprint density at radius 2 is 1.79 bits per heavy atom. The molecule has 0 saturated carbocycles. The van der Waals surface area contributed by atoms with Crippen LogP contribution in [0, 0.1) is 6.92 Å². The molecule has 0 aromatic heterocycles. The second-order valence-electron chi connectivity index (χ2n) is 9.58. The molecule has 0 radical (unpaired) electrons. The van der Waals surface area contributed by atoms with E-state index in [4.69, 9.17) is 4.74 Å². The van der Waals surface area contributed by atoms with Crippen LogP contribution < -0.4 is 4.90 Å². The zero-order valence-corrected chi connectivity index (χ0v) is 19.5. The standard InChI is InChI=1S/C24H34F3N3O3/c1-18-14-20(16-21(15-18)28-10-12-32-13-11-28)17-30-7-3-4-23(30)5-8-29(9-6-23)22(31)33-19(2)24(25,26)27/h14-16,19H,3-13,17H2,1-2H3. The van der Waals surface area contributed by atoms with Crippen molar-refractivity contribution in [2.45, 2.75) is 63.9 Å². The number of benzene rings is 1. The molecule has 1 unspecified atom stereocenters. The van der Waals surface area contributed by atoms with Gasteiger partial charge in [0.2, 0.25) is 0 Å². The number of halogens is 3. The summed E-state index contributed by atoms with van der Waals surface area (Å²) in [6, 6.07) is 6.73. The molecular weight excluding hydrogens is 435 g/mol. The summed E-state index contributed by atoms with van der Waals surface area (Å²) in [7, 11) is 0. The van der Waals surface area contributed by atoms with Crippen molar-refractivity contribution in [2.24, 2.45) is 0 Å². The summed E-state index contributed by atoms with van der Waals surface area (Å²) in [5.41, 5.74) is 3.74. The number of piperidine rings is 1. The van der Waals surface area contributed by atoms with Gasteiger partial charge in [-0.1, -0.05) is 6.07 Å². The molecule has 3 aliphatic rings. The van der Waals surface area contributed by atoms with Crippen molar-refractivity contribution in [1.29, 1.82) is 0 Å². The summed E-state index contributed by atoms with van der Waals surface area (Å²) in [6.45, 7) is 8.97. The number of ether oxygens (including phenoxy) is 2. The minimum Gasteiger partial charge on any atom is -0.437 e. The Morgan fingerprint density at radius 3 is 2.45 bits per heavy atom. The topological polar surface area (TPSA) is 45.2 Å². The van der Waals surface area contributed by atoms with Crippen LogP contribution in [0.5, 0.6) is 0 Å². The van der Waals surface area contributed by atoms with E-state index in [1.54, 1.807) is 0 Å². The van der Waals surface area contributed by atoms with Crippen LogP contribution in [0.1, 0.15) is 43.7 Å². The van der Waals surface area contributed by atoms with Crippen LogP contribution in [0.25, 0.3) is 0 Å². The van der Waals surface area contributed by atoms with Crippen LogP contribution in [0.3, 0.4) is 0 Å². The predicted octanol–water partition coefficient (Wildman–Crippen LogP) is 4.35. The van der Waals surface area contributed by atoms with E-state index in [-0.39, 0.29) is 5.54 Å². The normalized spacial score (nSPS) is 22.6. The average molecular weight is 470 g/mol. The van der Waals surface area contributed by atoms with Gasteiger partial charge in [-0.3, -0.25) is 4.90 Å². The third-order valence-electron chi connectivity index (χ3n) is 7.30. The zero-order valence-electron chi connectivity index (χ0n) is 19.5. The molecule has 0 N–H and O–H groups in total. The molecule has 4 rings (SSSR count). The number of aryl methyl sites for hydroxylation is 1. The van der Waals surface area contributed by atoms with Crippen molar-refractivity contribution >= 4 is 11.8 Å². The molecule has 0 aliphatic carbocycles. The number of carbonyl (C=O) groups excluding carboxylic acids is 1. The highest BCUT2D eigenvalue weighted by Gasteiger charge is 2.45. The Kier molecular flexibility index (Phi) is 7.09. The van der Waals surface area contributed by atoms with Gasteiger partial charge < -0.3 is 19.3 Å². The van der Waals surface area contributed by atoms with E-state index in [0.717, 1.165) is 72.0 Å². The third kappa shape index (κ3) is 5.57. The van der Waals surface area contributed by atoms with Gasteiger partial charge in [0.15, 0.2) is 6.10 Å². The first kappa shape index (κ1) is 24.1. The van der Waals surface area contributed by atoms with Crippen molar-refractivity contribution in [3.8, 4) is 0 Å². The SMILES string of the molecule is Cc1cc(CN2CCCC23CCN(C(=O)OC(C)C(F)(F)F)CC3)cc(N2CCOCC2)c1. The number of carbonyl (C=O) groups is 1. The lowest BCUT2D eigenvalue weighted by atomic mass is 9.85. The van der Waals surface area contributed by atoms with E-state index in [0.29, 0.717) is 13.1 Å². The van der Waals surface area contributed by atoms with E-state index in [9.17, 15) is 18.0 Å². The smallest absolute Gasteiger partial charge is 0.425 e. The van der Waals surface area contributed by atoms with Crippen molar-refractivity contribution in [3.05, 3.63) is 29.3 Å². The molecule has 0 bridgehead atoms. The summed E-state index contributed by atoms with van der Waals surface area (Å²) in [5.74, 6) is 0. The van der Waals surface area contributed by atoms with E-state index < -0.39 is 18.4 Å². The predicted molar refractivity (Wildman–Crippen MR) is 119 cm³/mol. The molecule has 33 heavy (non-hydrogen) atoms. The molecule has 1 aromatic carbocycles. The highest BCUT2D eigenvalue weighted by molar-refractivity contribution is 5.68. The van der Waals surface area contributed by atoms with Crippen LogP contribution in [0.4, 0.5) is 23.7 Å². The molecule has 1 atom stereocenters. The average Bonchev–Trinajstić information content (AvgIpc) is 3.15. The van der Waals surface area contributed by atoms with Crippen LogP contribution in [0.15, 0.2) is 18.2 Å². The molecule has 3 aliphatic heterocycles. The van der Waals surface area contributed by atoms with Gasteiger partial charge in [-0.2, -0.15) is 13.2 Å². The van der Waals surface area contributed by atoms with Gasteiger partial charge in [-0.05, 0) is 69.3 Å². The van der Waals surface area contributed by atoms with Gasteiger partial charge in [-0.25, -0.2) is 4.79 Å². The first-order valence-electron chi connectivity index (χ1n) is 11.9. The monoisotopic (exact) mass is 469 g/mol. The van der Waals surface area contributed by atoms with Crippen molar-refractivity contribution in [3.63, 3.8) is 0 Å². The Hall–Kier alpha value is -2.00. The van der Waals surface area contributed by atoms with E-state index in [1.807, 2.05) is 0 Å². The number of likely N-dealkylation sites (tertiary alicyclic amines) is 2. The van der Waals surface area contributed by atoms with Crippen LogP contribution in [-0.2, 0) is 16.0 Å². The van der Waals surface area contributed by atoms with Gasteiger partial charge in [0.25, 0.3) is 0 Å². The third-order valence-corrected chi connectivity index (χ3v) is 7.30. The van der Waals surface area contributed by atoms with Gasteiger partial charge in [-0.15, -0.1) is 0 Å². The zero-order chi connectivity index (χ0) is 23.6. The molecule has 184 valence electrons. The lowest BCUT2D eigenvalue weighted by Crippen LogP contribution is -2.53. The number of hydrogen-bond donors (Lipinski definition) is 0. The first-order chi connectivity index (χ1) is 15.7. The molecule has 1 spiro atoms. The molecule has 3 fully saturated rings. The number of anilines is 1. The minimum absolute atomic E-state index is 0.00467. The van der Waals surface area contributed by atoms with Crippen LogP contribution >= 0.6 is 0 Å². The maximum atomic E-state index is 12.7. The highest BCUT2D eigenvalue weighted by atomic mass is 19.4. The minimum atomic E-state index is -4.54. The lowest BCUT2D eigenvalue weighted by Gasteiger charge is -2.45. The van der Waals surface area contributed by atoms with Gasteiger partial charge in [0, 0.05) is 44.0 Å². The molecule has 6 nitrogen and oxygen atoms in total. The second-order valence-corrected chi connectivity index (χ2v) is 9.58. The maximum Gasteiger partial charge on any atom is 0.425 e. The van der Waals surface area contributed by atoms with E-state index in [1.165, 1.54) is 21.7 Å². The Bertz CT molecular complexity index is 834. The molecule has 3 saturated heterocycles. The maximum absolute atomic E-state index is 12.7. The number of hydrogen-bond acceptors (Lipinski definition) is 5. The molecular formula is C24H34F3N3O3. The molecule has 3 heterocycles. The van der Waals surface area contributed by atoms with E-state index in [2.05, 4.69) is 39.7 Å². The summed E-state index contributed by atoms with van der Waals surface area (Å²) < 4.78 is 48.4. The Labute approximate surface area is 193 Å². The highest BCUT2D eigenvalue weighted by Crippen LogP contribution is 2.40. The first-order valence-corrected chi connectivity index (χ1v) is 11.9. The largest absolute Gasteiger partial charge is 0.437 e. The van der Waals surface area contributed by atoms with Gasteiger partial charge in [0.1, 0.15) is 0 Å². The molecule has 9 heteroatoms. The molecule has 1 amide bonds. The van der Waals surface area contributed by atoms with Gasteiger partial charge >= 0.3 is 12.3 Å². The quantitative estimate of drug-likeness (QED) is 0.656. The summed E-state index contributed by atoms with van der Waals surface area (Å²) in [4.78, 5) is 18.5.